The predicted octanol–water partition coefficient (Wildman–Crippen LogP) is 3.59. The molecule has 0 amide bonds. The average Bonchev–Trinajstić information content (AvgIpc) is 2.97. The molecule has 0 saturated carbocycles. The van der Waals surface area contributed by atoms with Gasteiger partial charge in [-0.15, -0.1) is 0 Å². The first-order valence-corrected chi connectivity index (χ1v) is 7.48. The summed E-state index contributed by atoms with van der Waals surface area (Å²) in [5.41, 5.74) is 5.24. The van der Waals surface area contributed by atoms with Crippen molar-refractivity contribution < 1.29 is 0 Å². The molecule has 0 fully saturated rings. The van der Waals surface area contributed by atoms with E-state index in [1.807, 2.05) is 30.7 Å². The van der Waals surface area contributed by atoms with Crippen molar-refractivity contribution in [3.63, 3.8) is 0 Å². The van der Waals surface area contributed by atoms with Crippen molar-refractivity contribution in [2.75, 3.05) is 0 Å². The number of fused-ring (bicyclic) bond motifs is 2. The van der Waals surface area contributed by atoms with Crippen LogP contribution in [0.4, 0.5) is 0 Å². The Bertz CT molecular complexity index is 956. The van der Waals surface area contributed by atoms with Gasteiger partial charge in [-0.05, 0) is 42.3 Å². The van der Waals surface area contributed by atoms with E-state index in [1.165, 1.54) is 5.56 Å². The van der Waals surface area contributed by atoms with Crippen molar-refractivity contribution in [3.05, 3.63) is 66.2 Å². The summed E-state index contributed by atoms with van der Waals surface area (Å²) in [4.78, 5) is 13.5. The Morgan fingerprint density at radius 1 is 1.00 bits per heavy atom. The van der Waals surface area contributed by atoms with Crippen LogP contribution < -0.4 is 0 Å². The van der Waals surface area contributed by atoms with E-state index in [1.54, 1.807) is 0 Å². The minimum absolute atomic E-state index is 0.765. The van der Waals surface area contributed by atoms with Gasteiger partial charge in [0.1, 0.15) is 5.52 Å². The molecule has 3 aromatic heterocycles. The fourth-order valence-corrected chi connectivity index (χ4v) is 2.71. The molecule has 22 heavy (non-hydrogen) atoms. The van der Waals surface area contributed by atoms with Gasteiger partial charge in [-0.3, -0.25) is 4.98 Å². The molecule has 0 radical (unpaired) electrons. The van der Waals surface area contributed by atoms with Crippen molar-refractivity contribution in [2.24, 2.45) is 0 Å². The van der Waals surface area contributed by atoms with Crippen LogP contribution in [0.15, 0.2) is 55.0 Å². The number of hydrogen-bond donors (Lipinski definition) is 0. The van der Waals surface area contributed by atoms with E-state index in [4.69, 9.17) is 4.98 Å². The molecule has 0 spiro atoms. The van der Waals surface area contributed by atoms with Gasteiger partial charge in [0.2, 0.25) is 0 Å². The summed E-state index contributed by atoms with van der Waals surface area (Å²) in [5.74, 6) is 0. The van der Waals surface area contributed by atoms with Gasteiger partial charge in [0.05, 0.1) is 18.4 Å². The Morgan fingerprint density at radius 2 is 1.91 bits per heavy atom. The van der Waals surface area contributed by atoms with Crippen LogP contribution in [0.25, 0.3) is 22.1 Å². The van der Waals surface area contributed by atoms with Crippen LogP contribution in [0.2, 0.25) is 0 Å². The summed E-state index contributed by atoms with van der Waals surface area (Å²) >= 11 is 0. The highest BCUT2D eigenvalue weighted by molar-refractivity contribution is 5.79. The van der Waals surface area contributed by atoms with Gasteiger partial charge in [0, 0.05) is 17.3 Å². The van der Waals surface area contributed by atoms with Gasteiger partial charge in [-0.2, -0.15) is 0 Å². The number of pyridine rings is 2. The second-order valence-electron chi connectivity index (χ2n) is 5.40. The van der Waals surface area contributed by atoms with Crippen LogP contribution in [-0.4, -0.2) is 19.5 Å². The third kappa shape index (κ3) is 2.22. The second kappa shape index (κ2) is 5.22. The third-order valence-corrected chi connectivity index (χ3v) is 3.90. The number of benzene rings is 1. The molecule has 4 rings (SSSR count). The van der Waals surface area contributed by atoms with Crippen molar-refractivity contribution in [1.82, 2.24) is 19.5 Å². The number of hydrogen-bond acceptors (Lipinski definition) is 3. The van der Waals surface area contributed by atoms with Crippen molar-refractivity contribution in [2.45, 2.75) is 19.9 Å². The van der Waals surface area contributed by atoms with Crippen LogP contribution in [0, 0.1) is 0 Å². The SMILES string of the molecule is CCc1ccc2ncn(Cc3ccc4ncccc4c3)c2n1. The van der Waals surface area contributed by atoms with Gasteiger partial charge in [-0.25, -0.2) is 9.97 Å². The molecule has 0 aliphatic rings. The standard InChI is InChI=1S/C18H16N4/c1-2-15-6-8-17-18(21-15)22(12-20-17)11-13-5-7-16-14(10-13)4-3-9-19-16/h3-10,12H,2,11H2,1H3. The minimum Gasteiger partial charge on any atom is -0.311 e. The summed E-state index contributed by atoms with van der Waals surface area (Å²) in [5, 5.41) is 1.16. The number of rotatable bonds is 3. The number of nitrogens with zero attached hydrogens (tertiary/aromatic N) is 4. The van der Waals surface area contributed by atoms with Crippen LogP contribution in [0.5, 0.6) is 0 Å². The fraction of sp³-hybridized carbons (Fsp3) is 0.167. The summed E-state index contributed by atoms with van der Waals surface area (Å²) in [6, 6.07) is 14.5. The lowest BCUT2D eigenvalue weighted by molar-refractivity contribution is 0.811. The van der Waals surface area contributed by atoms with E-state index in [-0.39, 0.29) is 0 Å². The lowest BCUT2D eigenvalue weighted by Gasteiger charge is -2.06. The van der Waals surface area contributed by atoms with Gasteiger partial charge < -0.3 is 4.57 Å². The van der Waals surface area contributed by atoms with Crippen molar-refractivity contribution in [3.8, 4) is 0 Å². The van der Waals surface area contributed by atoms with Gasteiger partial charge in [0.25, 0.3) is 0 Å². The number of aromatic nitrogens is 4. The Kier molecular flexibility index (Phi) is 3.07. The largest absolute Gasteiger partial charge is 0.311 e. The highest BCUT2D eigenvalue weighted by Gasteiger charge is 2.06. The molecule has 4 aromatic rings. The van der Waals surface area contributed by atoms with Crippen LogP contribution in [0.1, 0.15) is 18.2 Å². The molecule has 0 aliphatic heterocycles. The maximum atomic E-state index is 4.70. The van der Waals surface area contributed by atoms with Crippen molar-refractivity contribution in [1.29, 1.82) is 0 Å². The highest BCUT2D eigenvalue weighted by atomic mass is 15.1. The topological polar surface area (TPSA) is 43.6 Å². The third-order valence-electron chi connectivity index (χ3n) is 3.90. The molecule has 0 unspecified atom stereocenters. The predicted molar refractivity (Wildman–Crippen MR) is 87.8 cm³/mol. The molecule has 0 atom stereocenters. The first-order valence-electron chi connectivity index (χ1n) is 7.48. The summed E-state index contributed by atoms with van der Waals surface area (Å²) in [6.07, 6.45) is 4.62. The molecule has 108 valence electrons. The molecule has 4 heteroatoms. The summed E-state index contributed by atoms with van der Waals surface area (Å²) in [7, 11) is 0. The van der Waals surface area contributed by atoms with Gasteiger partial charge in [0.15, 0.2) is 5.65 Å². The summed E-state index contributed by atoms with van der Waals surface area (Å²) in [6.45, 7) is 2.88. The van der Waals surface area contributed by atoms with E-state index < -0.39 is 0 Å². The molecule has 0 N–H and O–H groups in total. The van der Waals surface area contributed by atoms with E-state index in [0.29, 0.717) is 0 Å². The fourth-order valence-electron chi connectivity index (χ4n) is 2.71. The van der Waals surface area contributed by atoms with Gasteiger partial charge in [-0.1, -0.05) is 19.1 Å². The molecule has 4 nitrogen and oxygen atoms in total. The Morgan fingerprint density at radius 3 is 2.82 bits per heavy atom. The highest BCUT2D eigenvalue weighted by Crippen LogP contribution is 2.17. The average molecular weight is 288 g/mol. The van der Waals surface area contributed by atoms with E-state index in [9.17, 15) is 0 Å². The first-order chi connectivity index (χ1) is 10.8. The maximum Gasteiger partial charge on any atom is 0.160 e. The molecule has 3 heterocycles. The molecular formula is C18H16N4. The first kappa shape index (κ1) is 13.0. The zero-order valence-electron chi connectivity index (χ0n) is 12.4. The van der Waals surface area contributed by atoms with Gasteiger partial charge >= 0.3 is 0 Å². The second-order valence-corrected chi connectivity index (χ2v) is 5.40. The number of imidazole rings is 1. The maximum absolute atomic E-state index is 4.70. The van der Waals surface area contributed by atoms with E-state index in [2.05, 4.69) is 45.7 Å². The quantitative estimate of drug-likeness (QED) is 0.578. The van der Waals surface area contributed by atoms with Crippen LogP contribution >= 0.6 is 0 Å². The molecular weight excluding hydrogens is 272 g/mol. The monoisotopic (exact) mass is 288 g/mol. The zero-order valence-corrected chi connectivity index (χ0v) is 12.4. The summed E-state index contributed by atoms with van der Waals surface area (Å²) < 4.78 is 2.10. The molecule has 0 saturated heterocycles. The van der Waals surface area contributed by atoms with Crippen LogP contribution in [-0.2, 0) is 13.0 Å². The van der Waals surface area contributed by atoms with E-state index in [0.717, 1.165) is 40.7 Å². The Labute approximate surface area is 128 Å². The minimum atomic E-state index is 0.765. The lowest BCUT2D eigenvalue weighted by Crippen LogP contribution is -2.00. The van der Waals surface area contributed by atoms with Crippen LogP contribution in [0.3, 0.4) is 0 Å². The smallest absolute Gasteiger partial charge is 0.160 e. The Hall–Kier alpha value is -2.75. The molecule has 0 bridgehead atoms. The van der Waals surface area contributed by atoms with E-state index >= 15 is 0 Å². The molecule has 1 aromatic carbocycles. The number of aryl methyl sites for hydroxylation is 1. The normalized spacial score (nSPS) is 11.3. The van der Waals surface area contributed by atoms with Crippen molar-refractivity contribution >= 4 is 22.1 Å². The molecule has 0 aliphatic carbocycles. The lowest BCUT2D eigenvalue weighted by atomic mass is 10.1. The zero-order chi connectivity index (χ0) is 14.9. The Balaban J connectivity index is 1.75.